The average molecular weight is 312 g/mol. The fourth-order valence-electron chi connectivity index (χ4n) is 2.16. The summed E-state index contributed by atoms with van der Waals surface area (Å²) in [5, 5.41) is 2.87. The lowest BCUT2D eigenvalue weighted by Gasteiger charge is -2.07. The number of nitrogens with zero attached hydrogens (tertiary/aromatic N) is 1. The van der Waals surface area contributed by atoms with Gasteiger partial charge in [-0.1, -0.05) is 30.0 Å². The van der Waals surface area contributed by atoms with Crippen molar-refractivity contribution in [1.82, 2.24) is 4.98 Å². The Kier molecular flexibility index (Phi) is 4.69. The zero-order chi connectivity index (χ0) is 16.8. The lowest BCUT2D eigenvalue weighted by atomic mass is 10.1. The summed E-state index contributed by atoms with van der Waals surface area (Å²) in [6, 6.07) is 18.9. The molecule has 1 aromatic heterocycles. The van der Waals surface area contributed by atoms with Gasteiger partial charge in [-0.15, -0.1) is 0 Å². The maximum Gasteiger partial charge on any atom is 0.255 e. The van der Waals surface area contributed by atoms with Gasteiger partial charge in [0, 0.05) is 22.9 Å². The fourth-order valence-corrected chi connectivity index (χ4v) is 2.16. The molecule has 116 valence electrons. The Morgan fingerprint density at radius 3 is 2.25 bits per heavy atom. The van der Waals surface area contributed by atoms with Gasteiger partial charge in [-0.25, -0.2) is 0 Å². The van der Waals surface area contributed by atoms with Gasteiger partial charge in [-0.2, -0.15) is 0 Å². The molecule has 1 amide bonds. The van der Waals surface area contributed by atoms with E-state index in [2.05, 4.69) is 22.1 Å². The highest BCUT2D eigenvalue weighted by molar-refractivity contribution is 6.04. The Hall–Kier alpha value is -3.38. The highest BCUT2D eigenvalue weighted by atomic mass is 16.1. The fraction of sp³-hybridized carbons (Fsp3) is 0.0476. The number of rotatable bonds is 2. The number of hydrogen-bond acceptors (Lipinski definition) is 2. The predicted molar refractivity (Wildman–Crippen MR) is 95.8 cm³/mol. The van der Waals surface area contributed by atoms with Crippen molar-refractivity contribution in [2.75, 3.05) is 5.32 Å². The van der Waals surface area contributed by atoms with Crippen LogP contribution in [0.2, 0.25) is 0 Å². The molecule has 0 atom stereocenters. The molecule has 0 bridgehead atoms. The molecule has 0 aliphatic carbocycles. The molecule has 0 aliphatic heterocycles. The van der Waals surface area contributed by atoms with Crippen molar-refractivity contribution in [1.29, 1.82) is 0 Å². The molecule has 2 aromatic carbocycles. The second-order valence-corrected chi connectivity index (χ2v) is 5.34. The molecule has 0 saturated carbocycles. The third kappa shape index (κ3) is 3.88. The summed E-state index contributed by atoms with van der Waals surface area (Å²) in [5.74, 6) is 6.03. The second-order valence-electron chi connectivity index (χ2n) is 5.34. The first-order chi connectivity index (χ1) is 11.7. The Morgan fingerprint density at radius 2 is 1.58 bits per heavy atom. The number of anilines is 1. The van der Waals surface area contributed by atoms with Crippen molar-refractivity contribution in [2.45, 2.75) is 6.92 Å². The van der Waals surface area contributed by atoms with Gasteiger partial charge in [0.1, 0.15) is 0 Å². The van der Waals surface area contributed by atoms with E-state index in [1.807, 2.05) is 55.5 Å². The Balaban J connectivity index is 1.72. The summed E-state index contributed by atoms with van der Waals surface area (Å²) in [6.45, 7) is 1.93. The molecule has 3 rings (SSSR count). The maximum atomic E-state index is 12.3. The van der Waals surface area contributed by atoms with Gasteiger partial charge in [0.25, 0.3) is 5.91 Å². The molecule has 0 aliphatic rings. The number of hydrogen-bond donors (Lipinski definition) is 1. The van der Waals surface area contributed by atoms with Crippen molar-refractivity contribution in [3.63, 3.8) is 0 Å². The molecular formula is C21H16N2O. The Bertz CT molecular complexity index is 904. The summed E-state index contributed by atoms with van der Waals surface area (Å²) in [6.07, 6.45) is 3.35. The summed E-state index contributed by atoms with van der Waals surface area (Å²) in [5.41, 5.74) is 4.11. The standard InChI is InChI=1S/C21H16N2O/c1-16-13-14-22-15-20(16)23-21(24)19-11-9-18(10-12-19)8-7-17-5-3-2-4-6-17/h2-6,9-15H,1H3,(H,23,24). The minimum Gasteiger partial charge on any atom is -0.320 e. The topological polar surface area (TPSA) is 42.0 Å². The molecule has 0 saturated heterocycles. The van der Waals surface area contributed by atoms with Crippen LogP contribution in [0.3, 0.4) is 0 Å². The number of amides is 1. The van der Waals surface area contributed by atoms with Crippen LogP contribution >= 0.6 is 0 Å². The van der Waals surface area contributed by atoms with Crippen LogP contribution in [0, 0.1) is 18.8 Å². The minimum atomic E-state index is -0.159. The number of aromatic nitrogens is 1. The van der Waals surface area contributed by atoms with Crippen molar-refractivity contribution in [3.8, 4) is 11.8 Å². The molecule has 0 spiro atoms. The van der Waals surface area contributed by atoms with E-state index in [-0.39, 0.29) is 5.91 Å². The van der Waals surface area contributed by atoms with Gasteiger partial charge in [0.15, 0.2) is 0 Å². The first-order valence-electron chi connectivity index (χ1n) is 7.61. The van der Waals surface area contributed by atoms with E-state index in [1.165, 1.54) is 0 Å². The van der Waals surface area contributed by atoms with Gasteiger partial charge in [-0.3, -0.25) is 9.78 Å². The second kappa shape index (κ2) is 7.26. The van der Waals surface area contributed by atoms with Crippen LogP contribution < -0.4 is 5.32 Å². The molecule has 3 heteroatoms. The van der Waals surface area contributed by atoms with Crippen molar-refractivity contribution in [3.05, 3.63) is 95.3 Å². The van der Waals surface area contributed by atoms with Gasteiger partial charge in [-0.05, 0) is 55.0 Å². The van der Waals surface area contributed by atoms with Crippen LogP contribution in [-0.2, 0) is 0 Å². The van der Waals surface area contributed by atoms with Crippen LogP contribution in [0.25, 0.3) is 0 Å². The van der Waals surface area contributed by atoms with E-state index in [9.17, 15) is 4.79 Å². The van der Waals surface area contributed by atoms with E-state index < -0.39 is 0 Å². The van der Waals surface area contributed by atoms with E-state index in [0.29, 0.717) is 5.56 Å². The molecule has 1 heterocycles. The van der Waals surface area contributed by atoms with Gasteiger partial charge in [0.05, 0.1) is 11.9 Å². The lowest BCUT2D eigenvalue weighted by Crippen LogP contribution is -2.12. The maximum absolute atomic E-state index is 12.3. The number of carbonyl (C=O) groups excluding carboxylic acids is 1. The minimum absolute atomic E-state index is 0.159. The molecule has 3 nitrogen and oxygen atoms in total. The number of pyridine rings is 1. The number of carbonyl (C=O) groups is 1. The van der Waals surface area contributed by atoms with Crippen LogP contribution in [-0.4, -0.2) is 10.9 Å². The largest absolute Gasteiger partial charge is 0.320 e. The van der Waals surface area contributed by atoms with Crippen molar-refractivity contribution in [2.24, 2.45) is 0 Å². The molecule has 0 fully saturated rings. The van der Waals surface area contributed by atoms with Gasteiger partial charge < -0.3 is 5.32 Å². The van der Waals surface area contributed by atoms with Gasteiger partial charge in [0.2, 0.25) is 0 Å². The number of aryl methyl sites for hydroxylation is 1. The van der Waals surface area contributed by atoms with Crippen LogP contribution in [0.1, 0.15) is 27.0 Å². The third-order valence-corrected chi connectivity index (χ3v) is 3.56. The summed E-state index contributed by atoms with van der Waals surface area (Å²) in [4.78, 5) is 16.3. The molecular weight excluding hydrogens is 296 g/mol. The third-order valence-electron chi connectivity index (χ3n) is 3.56. The van der Waals surface area contributed by atoms with Crippen molar-refractivity contribution < 1.29 is 4.79 Å². The average Bonchev–Trinajstić information content (AvgIpc) is 2.63. The van der Waals surface area contributed by atoms with E-state index in [4.69, 9.17) is 0 Å². The van der Waals surface area contributed by atoms with Crippen LogP contribution in [0.4, 0.5) is 5.69 Å². The first-order valence-corrected chi connectivity index (χ1v) is 7.61. The normalized spacial score (nSPS) is 9.71. The molecule has 24 heavy (non-hydrogen) atoms. The SMILES string of the molecule is Cc1ccncc1NC(=O)c1ccc(C#Cc2ccccc2)cc1. The number of nitrogens with one attached hydrogen (secondary N) is 1. The van der Waals surface area contributed by atoms with E-state index >= 15 is 0 Å². The monoisotopic (exact) mass is 312 g/mol. The highest BCUT2D eigenvalue weighted by Crippen LogP contribution is 2.13. The van der Waals surface area contributed by atoms with Crippen LogP contribution in [0.15, 0.2) is 73.1 Å². The Labute approximate surface area is 141 Å². The zero-order valence-corrected chi connectivity index (χ0v) is 13.3. The molecule has 0 unspecified atom stereocenters. The van der Waals surface area contributed by atoms with E-state index in [1.54, 1.807) is 24.5 Å². The number of benzene rings is 2. The van der Waals surface area contributed by atoms with Crippen molar-refractivity contribution >= 4 is 11.6 Å². The first kappa shape index (κ1) is 15.5. The molecule has 1 N–H and O–H groups in total. The van der Waals surface area contributed by atoms with Gasteiger partial charge >= 0.3 is 0 Å². The quantitative estimate of drug-likeness (QED) is 0.726. The summed E-state index contributed by atoms with van der Waals surface area (Å²) < 4.78 is 0. The smallest absolute Gasteiger partial charge is 0.255 e. The van der Waals surface area contributed by atoms with E-state index in [0.717, 1.165) is 22.4 Å². The summed E-state index contributed by atoms with van der Waals surface area (Å²) in [7, 11) is 0. The molecule has 3 aromatic rings. The van der Waals surface area contributed by atoms with Crippen LogP contribution in [0.5, 0.6) is 0 Å². The highest BCUT2D eigenvalue weighted by Gasteiger charge is 2.07. The molecule has 0 radical (unpaired) electrons. The lowest BCUT2D eigenvalue weighted by molar-refractivity contribution is 0.102. The predicted octanol–water partition coefficient (Wildman–Crippen LogP) is 4.04. The Morgan fingerprint density at radius 1 is 0.917 bits per heavy atom. The summed E-state index contributed by atoms with van der Waals surface area (Å²) >= 11 is 0. The zero-order valence-electron chi connectivity index (χ0n) is 13.3.